The number of hydrogen-bond acceptors (Lipinski definition) is 2. The van der Waals surface area contributed by atoms with Crippen molar-refractivity contribution >= 4 is 0 Å². The van der Waals surface area contributed by atoms with Crippen LogP contribution < -0.4 is 5.32 Å². The van der Waals surface area contributed by atoms with Crippen LogP contribution in [0.1, 0.15) is 44.6 Å². The predicted octanol–water partition coefficient (Wildman–Crippen LogP) is 3.25. The molecule has 106 valence electrons. The summed E-state index contributed by atoms with van der Waals surface area (Å²) in [6.07, 6.45) is 4.18. The Morgan fingerprint density at radius 1 is 1.05 bits per heavy atom. The van der Waals surface area contributed by atoms with Gasteiger partial charge in [-0.15, -0.1) is 0 Å². The lowest BCUT2D eigenvalue weighted by atomic mass is 10.0. The zero-order valence-corrected chi connectivity index (χ0v) is 12.4. The van der Waals surface area contributed by atoms with Gasteiger partial charge in [-0.3, -0.25) is 0 Å². The topological polar surface area (TPSA) is 15.3 Å². The Labute approximate surface area is 118 Å². The molecule has 1 aromatic carbocycles. The first-order valence-electron chi connectivity index (χ1n) is 7.76. The van der Waals surface area contributed by atoms with Gasteiger partial charge in [0.15, 0.2) is 0 Å². The maximum absolute atomic E-state index is 3.69. The number of piperidine rings is 1. The first kappa shape index (κ1) is 14.5. The summed E-state index contributed by atoms with van der Waals surface area (Å²) in [4.78, 5) is 2.61. The van der Waals surface area contributed by atoms with Crippen LogP contribution in [0.4, 0.5) is 0 Å². The number of nitrogens with one attached hydrogen (secondary N) is 1. The Bertz CT molecular complexity index is 344. The molecule has 0 radical (unpaired) electrons. The summed E-state index contributed by atoms with van der Waals surface area (Å²) in [6, 6.07) is 11.4. The van der Waals surface area contributed by atoms with E-state index in [2.05, 4.69) is 54.4 Å². The number of nitrogens with zero attached hydrogens (tertiary/aromatic N) is 1. The van der Waals surface area contributed by atoms with Crippen LogP contribution in [-0.4, -0.2) is 37.1 Å². The highest BCUT2D eigenvalue weighted by atomic mass is 15.1. The number of hydrogen-bond donors (Lipinski definition) is 1. The van der Waals surface area contributed by atoms with Crippen molar-refractivity contribution in [2.75, 3.05) is 26.2 Å². The zero-order valence-electron chi connectivity index (χ0n) is 12.4. The van der Waals surface area contributed by atoms with Gasteiger partial charge in [-0.25, -0.2) is 0 Å². The van der Waals surface area contributed by atoms with E-state index in [1.807, 2.05) is 0 Å². The molecule has 0 saturated carbocycles. The van der Waals surface area contributed by atoms with E-state index >= 15 is 0 Å². The predicted molar refractivity (Wildman–Crippen MR) is 82.6 cm³/mol. The Morgan fingerprint density at radius 2 is 1.74 bits per heavy atom. The quantitative estimate of drug-likeness (QED) is 0.844. The molecule has 0 aromatic heterocycles. The largest absolute Gasteiger partial charge is 0.312 e. The average molecular weight is 260 g/mol. The van der Waals surface area contributed by atoms with Gasteiger partial charge < -0.3 is 10.2 Å². The molecule has 2 nitrogen and oxygen atoms in total. The first-order chi connectivity index (χ1) is 9.25. The van der Waals surface area contributed by atoms with Crippen molar-refractivity contribution in [1.82, 2.24) is 10.2 Å². The van der Waals surface area contributed by atoms with Crippen LogP contribution >= 0.6 is 0 Å². The van der Waals surface area contributed by atoms with Gasteiger partial charge >= 0.3 is 0 Å². The zero-order chi connectivity index (χ0) is 13.5. The van der Waals surface area contributed by atoms with Crippen molar-refractivity contribution in [3.05, 3.63) is 35.9 Å². The first-order valence-corrected chi connectivity index (χ1v) is 7.76. The molecule has 1 fully saturated rings. The van der Waals surface area contributed by atoms with Crippen LogP contribution in [0.2, 0.25) is 0 Å². The van der Waals surface area contributed by atoms with Crippen molar-refractivity contribution < 1.29 is 0 Å². The molecule has 0 bridgehead atoms. The van der Waals surface area contributed by atoms with E-state index in [1.165, 1.54) is 44.5 Å². The molecule has 2 rings (SSSR count). The fraction of sp³-hybridized carbons (Fsp3) is 0.647. The van der Waals surface area contributed by atoms with Crippen molar-refractivity contribution in [1.29, 1.82) is 0 Å². The lowest BCUT2D eigenvalue weighted by Gasteiger charge is -2.30. The molecule has 2 atom stereocenters. The average Bonchev–Trinajstić information content (AvgIpc) is 2.47. The lowest BCUT2D eigenvalue weighted by molar-refractivity contribution is 0.209. The molecule has 0 spiro atoms. The number of likely N-dealkylation sites (tertiary alicyclic amines) is 1. The second-order valence-corrected chi connectivity index (χ2v) is 5.98. The van der Waals surface area contributed by atoms with Crippen molar-refractivity contribution in [3.63, 3.8) is 0 Å². The van der Waals surface area contributed by atoms with Gasteiger partial charge in [0, 0.05) is 19.1 Å². The molecule has 1 saturated heterocycles. The lowest BCUT2D eigenvalue weighted by Crippen LogP contribution is -2.42. The second kappa shape index (κ2) is 7.66. The van der Waals surface area contributed by atoms with Gasteiger partial charge in [-0.2, -0.15) is 0 Å². The third-order valence-electron chi connectivity index (χ3n) is 4.12. The smallest absolute Gasteiger partial charge is 0.0166 e. The Balaban J connectivity index is 1.69. The van der Waals surface area contributed by atoms with Gasteiger partial charge in [0.05, 0.1) is 0 Å². The van der Waals surface area contributed by atoms with Crippen molar-refractivity contribution in [2.45, 2.75) is 45.1 Å². The van der Waals surface area contributed by atoms with Gasteiger partial charge in [-0.05, 0) is 44.3 Å². The van der Waals surface area contributed by atoms with Crippen LogP contribution in [0.3, 0.4) is 0 Å². The minimum atomic E-state index is 0.587. The molecule has 1 heterocycles. The van der Waals surface area contributed by atoms with Crippen LogP contribution in [0, 0.1) is 0 Å². The summed E-state index contributed by atoms with van der Waals surface area (Å²) < 4.78 is 0. The molecular weight excluding hydrogens is 232 g/mol. The fourth-order valence-corrected chi connectivity index (χ4v) is 2.87. The van der Waals surface area contributed by atoms with E-state index in [-0.39, 0.29) is 0 Å². The SMILES string of the molecule is CC(CN1CCCCC1)NCC(C)c1ccccc1. The minimum Gasteiger partial charge on any atom is -0.312 e. The van der Waals surface area contributed by atoms with Crippen LogP contribution in [0.15, 0.2) is 30.3 Å². The summed E-state index contributed by atoms with van der Waals surface area (Å²) in [5, 5.41) is 3.69. The summed E-state index contributed by atoms with van der Waals surface area (Å²) >= 11 is 0. The molecule has 19 heavy (non-hydrogen) atoms. The third-order valence-corrected chi connectivity index (χ3v) is 4.12. The summed E-state index contributed by atoms with van der Waals surface area (Å²) in [7, 11) is 0. The molecule has 2 heteroatoms. The highest BCUT2D eigenvalue weighted by Crippen LogP contribution is 2.14. The Morgan fingerprint density at radius 3 is 2.42 bits per heavy atom. The van der Waals surface area contributed by atoms with Crippen LogP contribution in [0.5, 0.6) is 0 Å². The van der Waals surface area contributed by atoms with Crippen molar-refractivity contribution in [3.8, 4) is 0 Å². The molecule has 0 aliphatic carbocycles. The highest BCUT2D eigenvalue weighted by Gasteiger charge is 2.14. The van der Waals surface area contributed by atoms with Gasteiger partial charge in [0.2, 0.25) is 0 Å². The van der Waals surface area contributed by atoms with Gasteiger partial charge in [0.1, 0.15) is 0 Å². The van der Waals surface area contributed by atoms with E-state index in [0.29, 0.717) is 12.0 Å². The third kappa shape index (κ3) is 4.96. The number of rotatable bonds is 6. The molecule has 0 amide bonds. The van der Waals surface area contributed by atoms with Crippen molar-refractivity contribution in [2.24, 2.45) is 0 Å². The van der Waals surface area contributed by atoms with E-state index < -0.39 is 0 Å². The standard InChI is InChI=1S/C17H28N2/c1-15(17-9-5-3-6-10-17)13-18-16(2)14-19-11-7-4-8-12-19/h3,5-6,9-10,15-16,18H,4,7-8,11-14H2,1-2H3. The molecule has 1 aromatic rings. The van der Waals surface area contributed by atoms with E-state index in [9.17, 15) is 0 Å². The van der Waals surface area contributed by atoms with Gasteiger partial charge in [-0.1, -0.05) is 43.7 Å². The minimum absolute atomic E-state index is 0.587. The Hall–Kier alpha value is -0.860. The number of benzene rings is 1. The monoisotopic (exact) mass is 260 g/mol. The summed E-state index contributed by atoms with van der Waals surface area (Å²) in [5.74, 6) is 0.588. The highest BCUT2D eigenvalue weighted by molar-refractivity contribution is 5.18. The molecule has 1 N–H and O–H groups in total. The van der Waals surface area contributed by atoms with Crippen LogP contribution in [-0.2, 0) is 0 Å². The maximum Gasteiger partial charge on any atom is 0.0166 e. The maximum atomic E-state index is 3.69. The molecule has 1 aliphatic heterocycles. The second-order valence-electron chi connectivity index (χ2n) is 5.98. The molecule has 2 unspecified atom stereocenters. The van der Waals surface area contributed by atoms with E-state index in [1.54, 1.807) is 0 Å². The van der Waals surface area contributed by atoms with Crippen LogP contribution in [0.25, 0.3) is 0 Å². The summed E-state index contributed by atoms with van der Waals surface area (Å²) in [6.45, 7) is 9.46. The normalized spacial score (nSPS) is 20.1. The van der Waals surface area contributed by atoms with Gasteiger partial charge in [0.25, 0.3) is 0 Å². The Kier molecular flexibility index (Phi) is 5.87. The molecule has 1 aliphatic rings. The van der Waals surface area contributed by atoms with E-state index in [4.69, 9.17) is 0 Å². The molecular formula is C17H28N2. The van der Waals surface area contributed by atoms with E-state index in [0.717, 1.165) is 6.54 Å². The summed E-state index contributed by atoms with van der Waals surface area (Å²) in [5.41, 5.74) is 1.43. The fourth-order valence-electron chi connectivity index (χ4n) is 2.87.